The number of fused-ring (bicyclic) bond motifs is 1. The second-order valence-corrected chi connectivity index (χ2v) is 7.79. The smallest absolute Gasteiger partial charge is 0.0488 e. The van der Waals surface area contributed by atoms with Gasteiger partial charge in [0, 0.05) is 35.9 Å². The number of hydrogen-bond acceptors (Lipinski definition) is 1. The maximum atomic E-state index is 5.55. The molecule has 0 spiro atoms. The highest BCUT2D eigenvalue weighted by Gasteiger charge is 2.29. The summed E-state index contributed by atoms with van der Waals surface area (Å²) >= 11 is 0. The lowest BCUT2D eigenvalue weighted by molar-refractivity contribution is 0.0517. The van der Waals surface area contributed by atoms with Gasteiger partial charge in [0.05, 0.1) is 0 Å². The van der Waals surface area contributed by atoms with Gasteiger partial charge in [0.15, 0.2) is 0 Å². The molecule has 1 aliphatic rings. The third-order valence-corrected chi connectivity index (χ3v) is 5.26. The van der Waals surface area contributed by atoms with Crippen LogP contribution in [0.2, 0.25) is 0 Å². The first-order valence-corrected chi connectivity index (χ1v) is 8.59. The van der Waals surface area contributed by atoms with Gasteiger partial charge in [0.1, 0.15) is 0 Å². The molecule has 1 aromatic heterocycles. The summed E-state index contributed by atoms with van der Waals surface area (Å²) in [5.41, 5.74) is 4.50. The van der Waals surface area contributed by atoms with Crippen LogP contribution in [-0.4, -0.2) is 17.8 Å². The predicted molar refractivity (Wildman–Crippen MR) is 93.6 cm³/mol. The van der Waals surface area contributed by atoms with Crippen molar-refractivity contribution >= 4 is 10.9 Å². The molecule has 2 heteroatoms. The van der Waals surface area contributed by atoms with Gasteiger partial charge in [0.2, 0.25) is 0 Å². The number of aromatic nitrogens is 1. The van der Waals surface area contributed by atoms with E-state index < -0.39 is 0 Å². The van der Waals surface area contributed by atoms with E-state index in [1.54, 1.807) is 0 Å². The van der Waals surface area contributed by atoms with Gasteiger partial charge in [-0.05, 0) is 49.7 Å². The Kier molecular flexibility index (Phi) is 4.07. The molecule has 0 saturated carbocycles. The zero-order chi connectivity index (χ0) is 15.9. The van der Waals surface area contributed by atoms with Crippen molar-refractivity contribution in [3.8, 4) is 0 Å². The van der Waals surface area contributed by atoms with Crippen LogP contribution in [-0.2, 0) is 10.2 Å². The van der Waals surface area contributed by atoms with Crippen LogP contribution >= 0.6 is 0 Å². The number of hydrogen-bond donors (Lipinski definition) is 0. The van der Waals surface area contributed by atoms with Gasteiger partial charge in [-0.15, -0.1) is 0 Å². The average molecular weight is 299 g/mol. The molecule has 1 aliphatic heterocycles. The first kappa shape index (κ1) is 15.6. The molecule has 1 saturated heterocycles. The Morgan fingerprint density at radius 3 is 2.41 bits per heavy atom. The van der Waals surface area contributed by atoms with Gasteiger partial charge in [-0.25, -0.2) is 0 Å². The van der Waals surface area contributed by atoms with E-state index in [4.69, 9.17) is 4.74 Å². The van der Waals surface area contributed by atoms with Gasteiger partial charge in [-0.2, -0.15) is 0 Å². The fourth-order valence-electron chi connectivity index (χ4n) is 4.27. The van der Waals surface area contributed by atoms with E-state index in [1.165, 1.54) is 35.0 Å². The fourth-order valence-corrected chi connectivity index (χ4v) is 4.27. The van der Waals surface area contributed by atoms with Crippen LogP contribution in [0.4, 0.5) is 0 Å². The van der Waals surface area contributed by atoms with Crippen molar-refractivity contribution in [1.82, 2.24) is 4.57 Å². The summed E-state index contributed by atoms with van der Waals surface area (Å²) in [5, 5.41) is 1.42. The Balaban J connectivity index is 2.15. The van der Waals surface area contributed by atoms with E-state index in [-0.39, 0.29) is 5.41 Å². The molecular formula is C20H29NO. The molecule has 2 nitrogen and oxygen atoms in total. The summed E-state index contributed by atoms with van der Waals surface area (Å²) < 4.78 is 8.14. The highest BCUT2D eigenvalue weighted by Crippen LogP contribution is 2.39. The van der Waals surface area contributed by atoms with Crippen LogP contribution in [0.5, 0.6) is 0 Å². The lowest BCUT2D eigenvalue weighted by Crippen LogP contribution is -2.25. The molecule has 1 fully saturated rings. The number of nitrogens with zero attached hydrogens (tertiary/aromatic N) is 1. The van der Waals surface area contributed by atoms with Crippen LogP contribution < -0.4 is 0 Å². The van der Waals surface area contributed by atoms with E-state index in [9.17, 15) is 0 Å². The van der Waals surface area contributed by atoms with Crippen molar-refractivity contribution in [2.75, 3.05) is 13.2 Å². The Morgan fingerprint density at radius 1 is 1.14 bits per heavy atom. The van der Waals surface area contributed by atoms with Crippen molar-refractivity contribution < 1.29 is 4.74 Å². The molecular weight excluding hydrogens is 270 g/mol. The van der Waals surface area contributed by atoms with Crippen LogP contribution in [0.3, 0.4) is 0 Å². The highest BCUT2D eigenvalue weighted by atomic mass is 16.5. The normalized spacial score (nSPS) is 18.8. The van der Waals surface area contributed by atoms with Gasteiger partial charge in [0.25, 0.3) is 0 Å². The molecule has 1 aromatic carbocycles. The van der Waals surface area contributed by atoms with Gasteiger partial charge in [-0.3, -0.25) is 0 Å². The molecule has 120 valence electrons. The summed E-state index contributed by atoms with van der Waals surface area (Å²) in [6.45, 7) is 13.5. The van der Waals surface area contributed by atoms with Crippen LogP contribution in [0, 0.1) is 12.8 Å². The monoisotopic (exact) mass is 299 g/mol. The molecule has 0 radical (unpaired) electrons. The van der Waals surface area contributed by atoms with Crippen molar-refractivity contribution in [2.24, 2.45) is 5.92 Å². The first-order valence-electron chi connectivity index (χ1n) is 8.59. The Bertz CT molecular complexity index is 656. The standard InChI is InChI=1S/C20H29NO/c1-14(16-10-12-22-13-11-16)21-15(2)19(20(3,4)5)17-8-6-7-9-18(17)21/h6-9,14,16H,10-13H2,1-5H3. The highest BCUT2D eigenvalue weighted by molar-refractivity contribution is 5.86. The number of ether oxygens (including phenoxy) is 1. The molecule has 0 N–H and O–H groups in total. The Hall–Kier alpha value is -1.28. The summed E-state index contributed by atoms with van der Waals surface area (Å²) in [6, 6.07) is 9.44. The minimum atomic E-state index is 0.171. The first-order chi connectivity index (χ1) is 10.4. The lowest BCUT2D eigenvalue weighted by Gasteiger charge is -2.31. The molecule has 0 amide bonds. The van der Waals surface area contributed by atoms with E-state index in [1.807, 2.05) is 0 Å². The van der Waals surface area contributed by atoms with Crippen molar-refractivity contribution in [1.29, 1.82) is 0 Å². The SMILES string of the molecule is Cc1c(C(C)(C)C)c2ccccc2n1C(C)C1CCOCC1. The largest absolute Gasteiger partial charge is 0.381 e. The molecule has 2 heterocycles. The quantitative estimate of drug-likeness (QED) is 0.740. The molecule has 3 rings (SSSR count). The van der Waals surface area contributed by atoms with E-state index in [2.05, 4.69) is 63.5 Å². The van der Waals surface area contributed by atoms with Crippen molar-refractivity contribution in [2.45, 2.75) is 58.9 Å². The summed E-state index contributed by atoms with van der Waals surface area (Å²) in [6.07, 6.45) is 2.36. The summed E-state index contributed by atoms with van der Waals surface area (Å²) in [5.74, 6) is 0.719. The molecule has 1 atom stereocenters. The number of benzene rings is 1. The molecule has 2 aromatic rings. The van der Waals surface area contributed by atoms with E-state index in [0.717, 1.165) is 19.1 Å². The van der Waals surface area contributed by atoms with Crippen molar-refractivity contribution in [3.63, 3.8) is 0 Å². The Labute approximate surface area is 134 Å². The van der Waals surface area contributed by atoms with Crippen LogP contribution in [0.25, 0.3) is 10.9 Å². The lowest BCUT2D eigenvalue weighted by atomic mass is 9.85. The van der Waals surface area contributed by atoms with Gasteiger partial charge >= 0.3 is 0 Å². The zero-order valence-electron chi connectivity index (χ0n) is 14.6. The van der Waals surface area contributed by atoms with Crippen LogP contribution in [0.1, 0.15) is 57.8 Å². The van der Waals surface area contributed by atoms with Gasteiger partial charge in [-0.1, -0.05) is 39.0 Å². The Morgan fingerprint density at radius 2 is 1.77 bits per heavy atom. The average Bonchev–Trinajstić information content (AvgIpc) is 2.79. The minimum Gasteiger partial charge on any atom is -0.381 e. The second-order valence-electron chi connectivity index (χ2n) is 7.79. The zero-order valence-corrected chi connectivity index (χ0v) is 14.6. The second kappa shape index (κ2) is 5.73. The van der Waals surface area contributed by atoms with E-state index in [0.29, 0.717) is 6.04 Å². The van der Waals surface area contributed by atoms with E-state index >= 15 is 0 Å². The molecule has 1 unspecified atom stereocenters. The topological polar surface area (TPSA) is 14.2 Å². The summed E-state index contributed by atoms with van der Waals surface area (Å²) in [7, 11) is 0. The molecule has 0 bridgehead atoms. The third-order valence-electron chi connectivity index (χ3n) is 5.26. The number of rotatable bonds is 2. The third kappa shape index (κ3) is 2.58. The van der Waals surface area contributed by atoms with Gasteiger partial charge < -0.3 is 9.30 Å². The van der Waals surface area contributed by atoms with Crippen LogP contribution in [0.15, 0.2) is 24.3 Å². The summed E-state index contributed by atoms with van der Waals surface area (Å²) in [4.78, 5) is 0. The maximum Gasteiger partial charge on any atom is 0.0488 e. The minimum absolute atomic E-state index is 0.171. The fraction of sp³-hybridized carbons (Fsp3) is 0.600. The number of para-hydroxylation sites is 1. The predicted octanol–water partition coefficient (Wildman–Crippen LogP) is 5.23. The molecule has 22 heavy (non-hydrogen) atoms. The van der Waals surface area contributed by atoms with Crippen molar-refractivity contribution in [3.05, 3.63) is 35.5 Å². The maximum absolute atomic E-state index is 5.55. The molecule has 0 aliphatic carbocycles.